The summed E-state index contributed by atoms with van der Waals surface area (Å²) in [5.74, 6) is -0.301. The van der Waals surface area contributed by atoms with Crippen LogP contribution in [-0.4, -0.2) is 17.2 Å². The summed E-state index contributed by atoms with van der Waals surface area (Å²) < 4.78 is 47.9. The summed E-state index contributed by atoms with van der Waals surface area (Å²) in [7, 11) is 0. The average Bonchev–Trinajstić information content (AvgIpc) is 2.68. The molecule has 6 heteroatoms. The first kappa shape index (κ1) is 22.4. The third kappa shape index (κ3) is 5.67. The molecule has 0 heterocycles. The topological polar surface area (TPSA) is 46.5 Å². The molecule has 0 atom stereocenters. The first-order valence-corrected chi connectivity index (χ1v) is 10.8. The zero-order chi connectivity index (χ0) is 21.7. The second-order valence-electron chi connectivity index (χ2n) is 8.40. The quantitative estimate of drug-likeness (QED) is 0.466. The maximum atomic E-state index is 14.0. The Balaban J connectivity index is 1.84. The van der Waals surface area contributed by atoms with Crippen LogP contribution in [0.1, 0.15) is 69.4 Å². The van der Waals surface area contributed by atoms with E-state index in [1.54, 1.807) is 12.1 Å². The van der Waals surface area contributed by atoms with Crippen LogP contribution in [0, 0.1) is 5.92 Å². The Labute approximate surface area is 175 Å². The Morgan fingerprint density at radius 2 is 1.77 bits per heavy atom. The van der Waals surface area contributed by atoms with Crippen molar-refractivity contribution in [1.82, 2.24) is 0 Å². The molecular weight excluding hydrogens is 393 g/mol. The number of ether oxygens (including phenoxy) is 1. The molecule has 0 saturated heterocycles. The SMILES string of the molecule is CC1CCC(Oc2ccc3c(CCCCCC(=O)O)cccc3c2C(F)(F)F)CC1. The molecule has 1 aliphatic rings. The van der Waals surface area contributed by atoms with Crippen LogP contribution in [0.15, 0.2) is 30.3 Å². The van der Waals surface area contributed by atoms with Gasteiger partial charge in [-0.05, 0) is 73.3 Å². The lowest BCUT2D eigenvalue weighted by Gasteiger charge is -2.28. The van der Waals surface area contributed by atoms with Crippen molar-refractivity contribution in [2.24, 2.45) is 5.92 Å². The molecule has 1 N–H and O–H groups in total. The zero-order valence-corrected chi connectivity index (χ0v) is 17.3. The normalized spacial score (nSPS) is 19.7. The van der Waals surface area contributed by atoms with Gasteiger partial charge in [-0.2, -0.15) is 13.2 Å². The molecule has 0 aliphatic heterocycles. The van der Waals surface area contributed by atoms with Crippen LogP contribution < -0.4 is 4.74 Å². The lowest BCUT2D eigenvalue weighted by atomic mass is 9.89. The second-order valence-corrected chi connectivity index (χ2v) is 8.40. The molecule has 3 nitrogen and oxygen atoms in total. The third-order valence-corrected chi connectivity index (χ3v) is 5.99. The summed E-state index contributed by atoms with van der Waals surface area (Å²) in [6, 6.07) is 8.23. The summed E-state index contributed by atoms with van der Waals surface area (Å²) in [5, 5.41) is 9.48. The smallest absolute Gasteiger partial charge is 0.420 e. The van der Waals surface area contributed by atoms with Gasteiger partial charge in [0.25, 0.3) is 0 Å². The van der Waals surface area contributed by atoms with E-state index in [0.717, 1.165) is 44.1 Å². The molecule has 0 radical (unpaired) electrons. The number of unbranched alkanes of at least 4 members (excludes halogenated alkanes) is 2. The zero-order valence-electron chi connectivity index (χ0n) is 17.3. The van der Waals surface area contributed by atoms with E-state index in [0.29, 0.717) is 24.1 Å². The first-order valence-electron chi connectivity index (χ1n) is 10.8. The van der Waals surface area contributed by atoms with Gasteiger partial charge in [-0.25, -0.2) is 0 Å². The van der Waals surface area contributed by atoms with Crippen LogP contribution in [0.5, 0.6) is 5.75 Å². The van der Waals surface area contributed by atoms with Gasteiger partial charge >= 0.3 is 12.1 Å². The molecule has 0 bridgehead atoms. The fourth-order valence-corrected chi connectivity index (χ4v) is 4.31. The summed E-state index contributed by atoms with van der Waals surface area (Å²) in [6.45, 7) is 2.16. The van der Waals surface area contributed by atoms with Gasteiger partial charge in [-0.15, -0.1) is 0 Å². The Morgan fingerprint density at radius 3 is 2.43 bits per heavy atom. The van der Waals surface area contributed by atoms with Crippen LogP contribution in [-0.2, 0) is 17.4 Å². The summed E-state index contributed by atoms with van der Waals surface area (Å²) in [4.78, 5) is 10.6. The van der Waals surface area contributed by atoms with Crippen molar-refractivity contribution < 1.29 is 27.8 Å². The number of carbonyl (C=O) groups is 1. The Kier molecular flexibility index (Phi) is 7.27. The van der Waals surface area contributed by atoms with E-state index in [-0.39, 0.29) is 23.7 Å². The van der Waals surface area contributed by atoms with Crippen LogP contribution in [0.25, 0.3) is 10.8 Å². The maximum absolute atomic E-state index is 14.0. The molecular formula is C24H29F3O3. The number of hydrogen-bond acceptors (Lipinski definition) is 2. The minimum atomic E-state index is -4.50. The Bertz CT molecular complexity index is 868. The van der Waals surface area contributed by atoms with E-state index in [2.05, 4.69) is 6.92 Å². The van der Waals surface area contributed by atoms with E-state index >= 15 is 0 Å². The Hall–Kier alpha value is -2.24. The molecule has 164 valence electrons. The predicted molar refractivity (Wildman–Crippen MR) is 111 cm³/mol. The van der Waals surface area contributed by atoms with Gasteiger partial charge in [-0.1, -0.05) is 37.6 Å². The molecule has 1 saturated carbocycles. The summed E-state index contributed by atoms with van der Waals surface area (Å²) in [6.07, 6.45) is 1.64. The first-order chi connectivity index (χ1) is 14.3. The number of aryl methyl sites for hydroxylation is 1. The molecule has 3 rings (SSSR count). The number of fused-ring (bicyclic) bond motifs is 1. The molecule has 2 aromatic rings. The van der Waals surface area contributed by atoms with Gasteiger partial charge in [0, 0.05) is 6.42 Å². The van der Waals surface area contributed by atoms with Crippen molar-refractivity contribution in [3.05, 3.63) is 41.5 Å². The lowest BCUT2D eigenvalue weighted by Crippen LogP contribution is -2.24. The van der Waals surface area contributed by atoms with E-state index in [9.17, 15) is 18.0 Å². The minimum Gasteiger partial charge on any atom is -0.490 e. The standard InChI is InChI=1S/C24H29F3O3/c1-16-10-12-18(13-11-16)30-21-15-14-19-17(6-3-2-4-9-22(28)29)7-5-8-20(19)23(21)24(25,26)27/h5,7-8,14-16,18H,2-4,6,9-13H2,1H3,(H,28,29). The molecule has 0 spiro atoms. The molecule has 0 unspecified atom stereocenters. The van der Waals surface area contributed by atoms with Crippen molar-refractivity contribution >= 4 is 16.7 Å². The van der Waals surface area contributed by atoms with E-state index in [4.69, 9.17) is 9.84 Å². The number of carboxylic acid groups (broad SMARTS) is 1. The van der Waals surface area contributed by atoms with Crippen molar-refractivity contribution in [3.8, 4) is 5.75 Å². The van der Waals surface area contributed by atoms with Gasteiger partial charge in [0.15, 0.2) is 0 Å². The molecule has 30 heavy (non-hydrogen) atoms. The van der Waals surface area contributed by atoms with E-state index < -0.39 is 17.7 Å². The van der Waals surface area contributed by atoms with Crippen LogP contribution in [0.2, 0.25) is 0 Å². The number of rotatable bonds is 8. The van der Waals surface area contributed by atoms with Gasteiger partial charge in [0.1, 0.15) is 11.3 Å². The van der Waals surface area contributed by atoms with Crippen molar-refractivity contribution in [1.29, 1.82) is 0 Å². The van der Waals surface area contributed by atoms with E-state index in [1.165, 1.54) is 12.1 Å². The number of carboxylic acids is 1. The number of aliphatic carboxylic acids is 1. The monoisotopic (exact) mass is 422 g/mol. The largest absolute Gasteiger partial charge is 0.490 e. The molecule has 0 aromatic heterocycles. The summed E-state index contributed by atoms with van der Waals surface area (Å²) in [5.41, 5.74) is 0.165. The second kappa shape index (κ2) is 9.71. The van der Waals surface area contributed by atoms with Crippen LogP contribution in [0.3, 0.4) is 0 Å². The number of hydrogen-bond donors (Lipinski definition) is 1. The predicted octanol–water partition coefficient (Wildman–Crippen LogP) is 7.00. The van der Waals surface area contributed by atoms with Crippen molar-refractivity contribution in [2.45, 2.75) is 77.0 Å². The molecule has 2 aromatic carbocycles. The molecule has 0 amide bonds. The van der Waals surface area contributed by atoms with Crippen molar-refractivity contribution in [2.75, 3.05) is 0 Å². The van der Waals surface area contributed by atoms with Crippen LogP contribution in [0.4, 0.5) is 13.2 Å². The third-order valence-electron chi connectivity index (χ3n) is 5.99. The van der Waals surface area contributed by atoms with E-state index in [1.807, 2.05) is 6.07 Å². The van der Waals surface area contributed by atoms with Gasteiger partial charge < -0.3 is 9.84 Å². The average molecular weight is 422 g/mol. The minimum absolute atomic E-state index is 0.0758. The molecule has 1 aliphatic carbocycles. The lowest BCUT2D eigenvalue weighted by molar-refractivity contribution is -0.138. The van der Waals surface area contributed by atoms with Crippen molar-refractivity contribution in [3.63, 3.8) is 0 Å². The van der Waals surface area contributed by atoms with Gasteiger partial charge in [0.05, 0.1) is 6.10 Å². The molecule has 1 fully saturated rings. The highest BCUT2D eigenvalue weighted by Crippen LogP contribution is 2.43. The number of benzene rings is 2. The number of halogens is 3. The van der Waals surface area contributed by atoms with Gasteiger partial charge in [0.2, 0.25) is 0 Å². The summed E-state index contributed by atoms with van der Waals surface area (Å²) >= 11 is 0. The fourth-order valence-electron chi connectivity index (χ4n) is 4.31. The highest BCUT2D eigenvalue weighted by molar-refractivity contribution is 5.91. The highest BCUT2D eigenvalue weighted by Gasteiger charge is 2.37. The Morgan fingerprint density at radius 1 is 1.03 bits per heavy atom. The highest BCUT2D eigenvalue weighted by atomic mass is 19.4. The number of alkyl halides is 3. The fraction of sp³-hybridized carbons (Fsp3) is 0.542. The van der Waals surface area contributed by atoms with Crippen LogP contribution >= 0.6 is 0 Å². The van der Waals surface area contributed by atoms with Gasteiger partial charge in [-0.3, -0.25) is 4.79 Å². The maximum Gasteiger partial charge on any atom is 0.420 e.